The summed E-state index contributed by atoms with van der Waals surface area (Å²) in [6.07, 6.45) is 4.15. The van der Waals surface area contributed by atoms with E-state index in [4.69, 9.17) is 0 Å². The summed E-state index contributed by atoms with van der Waals surface area (Å²) in [5.74, 6) is 2.54. The fourth-order valence-electron chi connectivity index (χ4n) is 3.83. The van der Waals surface area contributed by atoms with Crippen LogP contribution in [0.5, 0.6) is 0 Å². The van der Waals surface area contributed by atoms with Gasteiger partial charge in [0.1, 0.15) is 0 Å². The first-order valence-electron chi connectivity index (χ1n) is 7.90. The van der Waals surface area contributed by atoms with Crippen LogP contribution in [0.25, 0.3) is 0 Å². The molecule has 1 aliphatic rings. The maximum atomic E-state index is 3.73. The Morgan fingerprint density at radius 1 is 1.05 bits per heavy atom. The highest BCUT2D eigenvalue weighted by Gasteiger charge is 2.30. The molecule has 1 aliphatic carbocycles. The van der Waals surface area contributed by atoms with Crippen molar-refractivity contribution >= 4 is 0 Å². The highest BCUT2D eigenvalue weighted by molar-refractivity contribution is 5.24. The summed E-state index contributed by atoms with van der Waals surface area (Å²) in [5.41, 5.74) is 2.82. The molecular weight excluding hydrogens is 230 g/mol. The Hall–Kier alpha value is -0.820. The van der Waals surface area contributed by atoms with E-state index < -0.39 is 0 Å². The molecule has 1 fully saturated rings. The lowest BCUT2D eigenvalue weighted by Gasteiger charge is -2.37. The van der Waals surface area contributed by atoms with Gasteiger partial charge < -0.3 is 5.32 Å². The molecule has 3 atom stereocenters. The monoisotopic (exact) mass is 259 g/mol. The van der Waals surface area contributed by atoms with Crippen molar-refractivity contribution < 1.29 is 0 Å². The van der Waals surface area contributed by atoms with Gasteiger partial charge in [0.15, 0.2) is 0 Å². The van der Waals surface area contributed by atoms with E-state index in [9.17, 15) is 0 Å². The molecular formula is C18H29N. The molecule has 106 valence electrons. The summed E-state index contributed by atoms with van der Waals surface area (Å²) in [6.45, 7) is 10.3. The molecule has 0 spiro atoms. The molecule has 0 heterocycles. The molecule has 0 saturated heterocycles. The Morgan fingerprint density at radius 2 is 1.63 bits per heavy atom. The van der Waals surface area contributed by atoms with E-state index in [1.54, 1.807) is 0 Å². The van der Waals surface area contributed by atoms with Crippen molar-refractivity contribution in [3.8, 4) is 0 Å². The molecule has 0 amide bonds. The Labute approximate surface area is 118 Å². The third kappa shape index (κ3) is 3.82. The Balaban J connectivity index is 2.16. The molecule has 1 saturated carbocycles. The lowest BCUT2D eigenvalue weighted by atomic mass is 9.72. The van der Waals surface area contributed by atoms with Gasteiger partial charge in [-0.3, -0.25) is 0 Å². The van der Waals surface area contributed by atoms with Crippen LogP contribution in [0.4, 0.5) is 0 Å². The van der Waals surface area contributed by atoms with Gasteiger partial charge in [0, 0.05) is 6.04 Å². The predicted molar refractivity (Wildman–Crippen MR) is 83.3 cm³/mol. The van der Waals surface area contributed by atoms with Crippen LogP contribution < -0.4 is 5.32 Å². The lowest BCUT2D eigenvalue weighted by Crippen LogP contribution is -2.33. The number of hydrogen-bond donors (Lipinski definition) is 1. The van der Waals surface area contributed by atoms with Crippen LogP contribution in [0.2, 0.25) is 0 Å². The second kappa shape index (κ2) is 6.56. The van der Waals surface area contributed by atoms with E-state index in [0.717, 1.165) is 24.3 Å². The number of nitrogens with one attached hydrogen (secondary N) is 1. The van der Waals surface area contributed by atoms with Gasteiger partial charge in [-0.1, -0.05) is 50.6 Å². The minimum absolute atomic E-state index is 0.538. The van der Waals surface area contributed by atoms with Gasteiger partial charge in [0.05, 0.1) is 0 Å². The molecule has 1 aromatic rings. The minimum atomic E-state index is 0.538. The number of hydrogen-bond acceptors (Lipinski definition) is 1. The molecule has 1 heteroatoms. The van der Waals surface area contributed by atoms with E-state index in [0.29, 0.717) is 6.04 Å². The van der Waals surface area contributed by atoms with Gasteiger partial charge in [0.25, 0.3) is 0 Å². The van der Waals surface area contributed by atoms with Crippen LogP contribution in [0.15, 0.2) is 24.3 Å². The summed E-state index contributed by atoms with van der Waals surface area (Å²) in [4.78, 5) is 0. The lowest BCUT2D eigenvalue weighted by molar-refractivity contribution is 0.177. The molecule has 1 nitrogen and oxygen atoms in total. The summed E-state index contributed by atoms with van der Waals surface area (Å²) < 4.78 is 0. The van der Waals surface area contributed by atoms with Crippen LogP contribution in [-0.4, -0.2) is 6.54 Å². The van der Waals surface area contributed by atoms with Crippen LogP contribution in [-0.2, 0) is 0 Å². The maximum Gasteiger partial charge on any atom is 0.0348 e. The normalized spacial score (nSPS) is 29.2. The SMILES string of the molecule is CCNC(c1ccc(C)cc1)C1CC(C)CC(C)C1. The Morgan fingerprint density at radius 3 is 2.16 bits per heavy atom. The van der Waals surface area contributed by atoms with Crippen molar-refractivity contribution in [3.63, 3.8) is 0 Å². The van der Waals surface area contributed by atoms with E-state index in [1.165, 1.54) is 30.4 Å². The van der Waals surface area contributed by atoms with Crippen LogP contribution in [0, 0.1) is 24.7 Å². The molecule has 1 aromatic carbocycles. The molecule has 0 aromatic heterocycles. The topological polar surface area (TPSA) is 12.0 Å². The van der Waals surface area contributed by atoms with Crippen molar-refractivity contribution in [1.82, 2.24) is 5.32 Å². The third-order valence-electron chi connectivity index (χ3n) is 4.55. The first-order valence-corrected chi connectivity index (χ1v) is 7.90. The number of benzene rings is 1. The highest BCUT2D eigenvalue weighted by atomic mass is 14.9. The van der Waals surface area contributed by atoms with E-state index in [-0.39, 0.29) is 0 Å². The molecule has 3 unspecified atom stereocenters. The minimum Gasteiger partial charge on any atom is -0.310 e. The summed E-state index contributed by atoms with van der Waals surface area (Å²) in [7, 11) is 0. The second-order valence-corrected chi connectivity index (χ2v) is 6.62. The smallest absolute Gasteiger partial charge is 0.0348 e. The second-order valence-electron chi connectivity index (χ2n) is 6.62. The van der Waals surface area contributed by atoms with E-state index in [2.05, 4.69) is 57.3 Å². The summed E-state index contributed by atoms with van der Waals surface area (Å²) in [6, 6.07) is 9.65. The quantitative estimate of drug-likeness (QED) is 0.825. The van der Waals surface area contributed by atoms with Gasteiger partial charge >= 0.3 is 0 Å². The number of rotatable bonds is 4. The van der Waals surface area contributed by atoms with Crippen LogP contribution in [0.3, 0.4) is 0 Å². The molecule has 19 heavy (non-hydrogen) atoms. The van der Waals surface area contributed by atoms with Crippen molar-refractivity contribution in [2.24, 2.45) is 17.8 Å². The van der Waals surface area contributed by atoms with Crippen molar-refractivity contribution in [1.29, 1.82) is 0 Å². The molecule has 0 aliphatic heterocycles. The first-order chi connectivity index (χ1) is 9.10. The Bertz CT molecular complexity index is 371. The summed E-state index contributed by atoms with van der Waals surface area (Å²) >= 11 is 0. The molecule has 0 bridgehead atoms. The summed E-state index contributed by atoms with van der Waals surface area (Å²) in [5, 5.41) is 3.73. The predicted octanol–water partition coefficient (Wildman–Crippen LogP) is 4.72. The fourth-order valence-corrected chi connectivity index (χ4v) is 3.83. The molecule has 2 rings (SSSR count). The van der Waals surface area contributed by atoms with Crippen molar-refractivity contribution in [2.75, 3.05) is 6.54 Å². The Kier molecular flexibility index (Phi) is 5.04. The fraction of sp³-hybridized carbons (Fsp3) is 0.667. The zero-order valence-corrected chi connectivity index (χ0v) is 12.9. The zero-order valence-electron chi connectivity index (χ0n) is 12.9. The third-order valence-corrected chi connectivity index (χ3v) is 4.55. The van der Waals surface area contributed by atoms with Gasteiger partial charge in [-0.2, -0.15) is 0 Å². The molecule has 1 N–H and O–H groups in total. The van der Waals surface area contributed by atoms with E-state index in [1.807, 2.05) is 0 Å². The average molecular weight is 259 g/mol. The highest BCUT2D eigenvalue weighted by Crippen LogP contribution is 2.39. The van der Waals surface area contributed by atoms with Gasteiger partial charge in [-0.25, -0.2) is 0 Å². The average Bonchev–Trinajstić information content (AvgIpc) is 2.36. The standard InChI is InChI=1S/C18H29N/c1-5-19-18(16-8-6-13(2)7-9-16)17-11-14(3)10-15(4)12-17/h6-9,14-15,17-19H,5,10-12H2,1-4H3. The number of aryl methyl sites for hydroxylation is 1. The van der Waals surface area contributed by atoms with Gasteiger partial charge in [0.2, 0.25) is 0 Å². The van der Waals surface area contributed by atoms with Crippen LogP contribution in [0.1, 0.15) is 57.2 Å². The van der Waals surface area contributed by atoms with Crippen molar-refractivity contribution in [2.45, 2.75) is 53.0 Å². The van der Waals surface area contributed by atoms with E-state index >= 15 is 0 Å². The van der Waals surface area contributed by atoms with Crippen LogP contribution >= 0.6 is 0 Å². The van der Waals surface area contributed by atoms with Crippen molar-refractivity contribution in [3.05, 3.63) is 35.4 Å². The zero-order chi connectivity index (χ0) is 13.8. The molecule has 0 radical (unpaired) electrons. The maximum absolute atomic E-state index is 3.73. The van der Waals surface area contributed by atoms with Gasteiger partial charge in [-0.15, -0.1) is 0 Å². The first kappa shape index (κ1) is 14.6. The largest absolute Gasteiger partial charge is 0.310 e. The van der Waals surface area contributed by atoms with Gasteiger partial charge in [-0.05, 0) is 56.0 Å².